The van der Waals surface area contributed by atoms with Crippen LogP contribution in [0.3, 0.4) is 0 Å². The van der Waals surface area contributed by atoms with Gasteiger partial charge >= 0.3 is 0 Å². The molecular formula is C49H93N2O6P. The van der Waals surface area contributed by atoms with Crippen molar-refractivity contribution in [1.29, 1.82) is 0 Å². The van der Waals surface area contributed by atoms with E-state index < -0.39 is 26.6 Å². The molecule has 0 aromatic carbocycles. The molecule has 3 atom stereocenters. The third-order valence-corrected chi connectivity index (χ3v) is 11.5. The number of hydrogen-bond acceptors (Lipinski definition) is 6. The summed E-state index contributed by atoms with van der Waals surface area (Å²) in [6.07, 6.45) is 51.7. The number of nitrogens with one attached hydrogen (secondary N) is 1. The third-order valence-electron chi connectivity index (χ3n) is 10.5. The van der Waals surface area contributed by atoms with Gasteiger partial charge in [0.1, 0.15) is 13.2 Å². The Bertz CT molecular complexity index is 1090. The average molecular weight is 837 g/mol. The van der Waals surface area contributed by atoms with Crippen molar-refractivity contribution in [1.82, 2.24) is 5.32 Å². The molecular weight excluding hydrogens is 744 g/mol. The summed E-state index contributed by atoms with van der Waals surface area (Å²) in [5.41, 5.74) is 0. The van der Waals surface area contributed by atoms with Gasteiger partial charge in [0.05, 0.1) is 39.9 Å². The van der Waals surface area contributed by atoms with Crippen molar-refractivity contribution in [2.45, 2.75) is 219 Å². The maximum atomic E-state index is 12.9. The van der Waals surface area contributed by atoms with Crippen LogP contribution in [0.25, 0.3) is 0 Å². The fourth-order valence-electron chi connectivity index (χ4n) is 6.65. The van der Waals surface area contributed by atoms with Gasteiger partial charge in [-0.2, -0.15) is 0 Å². The van der Waals surface area contributed by atoms with Crippen LogP contribution < -0.4 is 10.2 Å². The van der Waals surface area contributed by atoms with E-state index in [4.69, 9.17) is 9.05 Å². The number of unbranched alkanes of at least 4 members (excludes halogenated alkanes) is 24. The Labute approximate surface area is 359 Å². The molecule has 0 heterocycles. The lowest BCUT2D eigenvalue weighted by Gasteiger charge is -2.29. The van der Waals surface area contributed by atoms with E-state index >= 15 is 0 Å². The van der Waals surface area contributed by atoms with E-state index in [1.807, 2.05) is 27.2 Å². The molecule has 0 aliphatic heterocycles. The molecule has 1 amide bonds. The fraction of sp³-hybridized carbons (Fsp3) is 0.816. The van der Waals surface area contributed by atoms with Crippen LogP contribution >= 0.6 is 7.82 Å². The summed E-state index contributed by atoms with van der Waals surface area (Å²) in [5, 5.41) is 13.7. The molecule has 3 unspecified atom stereocenters. The number of aliphatic hydroxyl groups excluding tert-OH is 1. The number of carbonyl (C=O) groups is 1. The zero-order valence-electron chi connectivity index (χ0n) is 38.5. The second-order valence-electron chi connectivity index (χ2n) is 17.4. The predicted molar refractivity (Wildman–Crippen MR) is 247 cm³/mol. The zero-order chi connectivity index (χ0) is 42.8. The Kier molecular flexibility index (Phi) is 39.8. The van der Waals surface area contributed by atoms with Crippen LogP contribution in [0.15, 0.2) is 48.6 Å². The number of amides is 1. The number of nitrogens with zero attached hydrogens (tertiary/aromatic N) is 1. The molecule has 340 valence electrons. The van der Waals surface area contributed by atoms with Crippen LogP contribution in [0.4, 0.5) is 0 Å². The van der Waals surface area contributed by atoms with Gasteiger partial charge in [-0.1, -0.05) is 178 Å². The number of likely N-dealkylation sites (N-methyl/N-ethyl adjacent to an activating group) is 1. The fourth-order valence-corrected chi connectivity index (χ4v) is 7.37. The van der Waals surface area contributed by atoms with Gasteiger partial charge in [0.15, 0.2) is 0 Å². The maximum absolute atomic E-state index is 12.9. The van der Waals surface area contributed by atoms with Gasteiger partial charge in [0.25, 0.3) is 7.82 Å². The van der Waals surface area contributed by atoms with Crippen LogP contribution in [0.2, 0.25) is 0 Å². The van der Waals surface area contributed by atoms with Gasteiger partial charge in [0.2, 0.25) is 5.91 Å². The number of quaternary nitrogens is 1. The minimum atomic E-state index is -4.60. The molecule has 0 saturated heterocycles. The number of phosphoric ester groups is 1. The smallest absolute Gasteiger partial charge is 0.268 e. The standard InChI is InChI=1S/C49H93N2O6P/c1-6-8-10-12-14-16-18-20-21-22-23-24-25-26-27-28-29-31-33-35-37-39-41-43-49(53)50-47(46-57-58(54,55)56-45-44-51(3,4)5)48(52)42-40-38-36-34-32-30-19-17-15-13-11-9-7-2/h15,17,26-27,32,34,40,42,47-48,52H,6-14,16,18-25,28-31,33,35-39,41,43-46H2,1-5H3,(H-,50,53,54,55)/b17-15+,27-26-,34-32+,42-40+. The van der Waals surface area contributed by atoms with E-state index in [1.54, 1.807) is 6.08 Å². The Morgan fingerprint density at radius 3 is 1.43 bits per heavy atom. The van der Waals surface area contributed by atoms with Crippen molar-refractivity contribution in [3.05, 3.63) is 48.6 Å². The monoisotopic (exact) mass is 837 g/mol. The third kappa shape index (κ3) is 42.6. The Hall–Kier alpha value is -1.54. The first-order valence-electron chi connectivity index (χ1n) is 24.0. The number of carbonyl (C=O) groups excluding carboxylic acids is 1. The summed E-state index contributed by atoms with van der Waals surface area (Å²) >= 11 is 0. The summed E-state index contributed by atoms with van der Waals surface area (Å²) < 4.78 is 23.2. The molecule has 0 saturated carbocycles. The van der Waals surface area contributed by atoms with E-state index in [9.17, 15) is 19.4 Å². The SMILES string of the molecule is CCCCC/C=C/CC/C=C/CC/C=C/C(O)C(COP(=O)([O-])OCC[N+](C)(C)C)NC(=O)CCCCCCCCC/C=C\CCCCCCCCCCCCCC. The van der Waals surface area contributed by atoms with Crippen molar-refractivity contribution in [2.24, 2.45) is 0 Å². The largest absolute Gasteiger partial charge is 0.756 e. The lowest BCUT2D eigenvalue weighted by Crippen LogP contribution is -2.45. The van der Waals surface area contributed by atoms with E-state index in [0.29, 0.717) is 17.4 Å². The maximum Gasteiger partial charge on any atom is 0.268 e. The van der Waals surface area contributed by atoms with Crippen molar-refractivity contribution in [2.75, 3.05) is 40.9 Å². The summed E-state index contributed by atoms with van der Waals surface area (Å²) in [5.74, 6) is -0.217. The number of phosphoric acid groups is 1. The van der Waals surface area contributed by atoms with Crippen molar-refractivity contribution < 1.29 is 32.9 Å². The number of allylic oxidation sites excluding steroid dienone is 7. The minimum Gasteiger partial charge on any atom is -0.756 e. The van der Waals surface area contributed by atoms with Gasteiger partial charge in [-0.25, -0.2) is 0 Å². The molecule has 0 spiro atoms. The van der Waals surface area contributed by atoms with Gasteiger partial charge in [-0.3, -0.25) is 9.36 Å². The molecule has 0 aromatic rings. The summed E-state index contributed by atoms with van der Waals surface area (Å²) in [7, 11) is 1.23. The van der Waals surface area contributed by atoms with Crippen molar-refractivity contribution in [3.63, 3.8) is 0 Å². The predicted octanol–water partition coefficient (Wildman–Crippen LogP) is 13.0. The van der Waals surface area contributed by atoms with Crippen LogP contribution in [0.1, 0.15) is 206 Å². The molecule has 0 bridgehead atoms. The highest BCUT2D eigenvalue weighted by Crippen LogP contribution is 2.38. The van der Waals surface area contributed by atoms with Gasteiger partial charge < -0.3 is 28.8 Å². The topological polar surface area (TPSA) is 108 Å². The zero-order valence-corrected chi connectivity index (χ0v) is 39.4. The van der Waals surface area contributed by atoms with Crippen LogP contribution in [0, 0.1) is 0 Å². The van der Waals surface area contributed by atoms with Gasteiger partial charge in [0, 0.05) is 6.42 Å². The summed E-state index contributed by atoms with van der Waals surface area (Å²) in [4.78, 5) is 25.3. The molecule has 8 nitrogen and oxygen atoms in total. The first kappa shape index (κ1) is 56.5. The Morgan fingerprint density at radius 1 is 0.586 bits per heavy atom. The lowest BCUT2D eigenvalue weighted by atomic mass is 10.0. The van der Waals surface area contributed by atoms with Crippen molar-refractivity contribution >= 4 is 13.7 Å². The second-order valence-corrected chi connectivity index (χ2v) is 18.8. The van der Waals surface area contributed by atoms with Gasteiger partial charge in [-0.05, 0) is 70.6 Å². The normalized spacial score (nSPS) is 14.7. The molecule has 0 aliphatic rings. The summed E-state index contributed by atoms with van der Waals surface area (Å²) in [6, 6.07) is -0.911. The number of hydrogen-bond donors (Lipinski definition) is 2. The van der Waals surface area contributed by atoms with Crippen LogP contribution in [-0.2, 0) is 18.4 Å². The quantitative estimate of drug-likeness (QED) is 0.0274. The molecule has 0 fully saturated rings. The van der Waals surface area contributed by atoms with Crippen LogP contribution in [0.5, 0.6) is 0 Å². The molecule has 0 aliphatic carbocycles. The number of rotatable bonds is 43. The van der Waals surface area contributed by atoms with Gasteiger partial charge in [-0.15, -0.1) is 0 Å². The van der Waals surface area contributed by atoms with E-state index in [0.717, 1.165) is 51.4 Å². The second kappa shape index (κ2) is 40.8. The highest BCUT2D eigenvalue weighted by atomic mass is 31.2. The molecule has 0 rings (SSSR count). The molecule has 0 aromatic heterocycles. The molecule has 2 N–H and O–H groups in total. The minimum absolute atomic E-state index is 0.0108. The average Bonchev–Trinajstić information content (AvgIpc) is 3.17. The van der Waals surface area contributed by atoms with Crippen LogP contribution in [-0.4, -0.2) is 68.5 Å². The first-order chi connectivity index (χ1) is 28.0. The highest BCUT2D eigenvalue weighted by molar-refractivity contribution is 7.45. The lowest BCUT2D eigenvalue weighted by molar-refractivity contribution is -0.870. The van der Waals surface area contributed by atoms with Crippen molar-refractivity contribution in [3.8, 4) is 0 Å². The molecule has 0 radical (unpaired) electrons. The Morgan fingerprint density at radius 2 is 0.966 bits per heavy atom. The molecule has 58 heavy (non-hydrogen) atoms. The van der Waals surface area contributed by atoms with E-state index in [2.05, 4.69) is 55.6 Å². The summed E-state index contributed by atoms with van der Waals surface area (Å²) in [6.45, 7) is 4.58. The highest BCUT2D eigenvalue weighted by Gasteiger charge is 2.23. The first-order valence-corrected chi connectivity index (χ1v) is 25.5. The number of aliphatic hydroxyl groups is 1. The molecule has 9 heteroatoms. The van der Waals surface area contributed by atoms with E-state index in [-0.39, 0.29) is 12.5 Å². The Balaban J connectivity index is 4.32. The van der Waals surface area contributed by atoms with E-state index in [1.165, 1.54) is 135 Å².